The first-order valence-electron chi connectivity index (χ1n) is 4.53. The second-order valence-corrected chi connectivity index (χ2v) is 4.41. The molecule has 0 amide bonds. The number of alkyl halides is 2. The lowest BCUT2D eigenvalue weighted by atomic mass is 10.2. The Morgan fingerprint density at radius 1 is 1.40 bits per heavy atom. The van der Waals surface area contributed by atoms with Crippen molar-refractivity contribution in [1.29, 1.82) is 5.26 Å². The highest BCUT2D eigenvalue weighted by molar-refractivity contribution is 7.99. The van der Waals surface area contributed by atoms with Crippen molar-refractivity contribution in [2.24, 2.45) is 0 Å². The maximum absolute atomic E-state index is 12.5. The van der Waals surface area contributed by atoms with Crippen molar-refractivity contribution in [3.8, 4) is 6.07 Å². The minimum Gasteiger partial charge on any atom is -0.207 e. The summed E-state index contributed by atoms with van der Waals surface area (Å²) in [5.74, 6) is -2.31. The highest BCUT2D eigenvalue weighted by Gasteiger charge is 2.20. The van der Waals surface area contributed by atoms with Crippen molar-refractivity contribution in [2.75, 3.05) is 5.75 Å². The maximum Gasteiger partial charge on any atom is 0.246 e. The largest absolute Gasteiger partial charge is 0.246 e. The maximum atomic E-state index is 12.5. The van der Waals surface area contributed by atoms with E-state index < -0.39 is 5.92 Å². The van der Waals surface area contributed by atoms with Gasteiger partial charge in [-0.2, -0.15) is 5.26 Å². The number of nitriles is 1. The van der Waals surface area contributed by atoms with Crippen LogP contribution in [0.3, 0.4) is 0 Å². The predicted octanol–water partition coefficient (Wildman–Crippen LogP) is 3.70. The summed E-state index contributed by atoms with van der Waals surface area (Å²) in [6.07, 6.45) is -0.169. The summed E-state index contributed by atoms with van der Waals surface area (Å²) < 4.78 is 25.1. The van der Waals surface area contributed by atoms with Gasteiger partial charge >= 0.3 is 0 Å². The minimum absolute atomic E-state index is 0.169. The van der Waals surface area contributed by atoms with E-state index in [1.54, 1.807) is 24.3 Å². The Morgan fingerprint density at radius 3 is 2.67 bits per heavy atom. The highest BCUT2D eigenvalue weighted by Crippen LogP contribution is 2.26. The average Bonchev–Trinajstić information content (AvgIpc) is 2.16. The van der Waals surface area contributed by atoms with Gasteiger partial charge in [0.05, 0.1) is 5.56 Å². The van der Waals surface area contributed by atoms with Crippen LogP contribution in [-0.4, -0.2) is 11.7 Å². The molecule has 0 bridgehead atoms. The summed E-state index contributed by atoms with van der Waals surface area (Å²) in [6.45, 7) is 0.907. The molecule has 15 heavy (non-hydrogen) atoms. The van der Waals surface area contributed by atoms with Crippen LogP contribution in [0.1, 0.15) is 18.9 Å². The molecule has 0 aromatic heterocycles. The van der Waals surface area contributed by atoms with Gasteiger partial charge in [0, 0.05) is 17.1 Å². The first kappa shape index (κ1) is 12.0. The zero-order valence-electron chi connectivity index (χ0n) is 8.34. The van der Waals surface area contributed by atoms with Gasteiger partial charge in [-0.25, -0.2) is 8.78 Å². The molecule has 0 fully saturated rings. The molecule has 1 nitrogen and oxygen atoms in total. The molecule has 1 aromatic rings. The predicted molar refractivity (Wildman–Crippen MR) is 57.1 cm³/mol. The van der Waals surface area contributed by atoms with E-state index in [4.69, 9.17) is 5.26 Å². The van der Waals surface area contributed by atoms with Gasteiger partial charge in [0.25, 0.3) is 0 Å². The first-order valence-corrected chi connectivity index (χ1v) is 5.51. The van der Waals surface area contributed by atoms with Crippen LogP contribution >= 0.6 is 11.8 Å². The van der Waals surface area contributed by atoms with E-state index in [-0.39, 0.29) is 6.42 Å². The van der Waals surface area contributed by atoms with Crippen molar-refractivity contribution in [1.82, 2.24) is 0 Å². The molecule has 0 saturated heterocycles. The standard InChI is InChI=1S/C11H11F2NS/c1-11(12,13)6-7-15-10-5-3-2-4-9(10)8-14/h2-5H,6-7H2,1H3. The number of halogens is 2. The number of nitrogens with zero attached hydrogens (tertiary/aromatic N) is 1. The molecular weight excluding hydrogens is 216 g/mol. The third kappa shape index (κ3) is 4.30. The minimum atomic E-state index is -2.63. The quantitative estimate of drug-likeness (QED) is 0.732. The van der Waals surface area contributed by atoms with E-state index in [2.05, 4.69) is 0 Å². The highest BCUT2D eigenvalue weighted by atomic mass is 32.2. The van der Waals surface area contributed by atoms with E-state index in [0.717, 1.165) is 11.8 Å². The topological polar surface area (TPSA) is 23.8 Å². The zero-order valence-corrected chi connectivity index (χ0v) is 9.15. The molecule has 0 unspecified atom stereocenters. The van der Waals surface area contributed by atoms with Crippen LogP contribution in [0.15, 0.2) is 29.2 Å². The number of hydrogen-bond acceptors (Lipinski definition) is 2. The SMILES string of the molecule is CC(F)(F)CCSc1ccccc1C#N. The van der Waals surface area contributed by atoms with Crippen molar-refractivity contribution >= 4 is 11.8 Å². The Labute approximate surface area is 92.1 Å². The normalized spacial score (nSPS) is 11.1. The number of hydrogen-bond donors (Lipinski definition) is 0. The van der Waals surface area contributed by atoms with Gasteiger partial charge in [0.1, 0.15) is 6.07 Å². The van der Waals surface area contributed by atoms with E-state index in [9.17, 15) is 8.78 Å². The van der Waals surface area contributed by atoms with E-state index >= 15 is 0 Å². The van der Waals surface area contributed by atoms with Crippen molar-refractivity contribution < 1.29 is 8.78 Å². The van der Waals surface area contributed by atoms with Crippen LogP contribution in [0.5, 0.6) is 0 Å². The van der Waals surface area contributed by atoms with Crippen LogP contribution in [0.25, 0.3) is 0 Å². The number of benzene rings is 1. The van der Waals surface area contributed by atoms with E-state index in [1.165, 1.54) is 11.8 Å². The second kappa shape index (κ2) is 5.13. The van der Waals surface area contributed by atoms with Gasteiger partial charge < -0.3 is 0 Å². The molecule has 0 aliphatic rings. The fourth-order valence-corrected chi connectivity index (χ4v) is 2.15. The average molecular weight is 227 g/mol. The lowest BCUT2D eigenvalue weighted by Gasteiger charge is -2.09. The van der Waals surface area contributed by atoms with Crippen molar-refractivity contribution in [2.45, 2.75) is 24.2 Å². The van der Waals surface area contributed by atoms with Crippen LogP contribution in [0, 0.1) is 11.3 Å². The van der Waals surface area contributed by atoms with Crippen molar-refractivity contribution in [3.05, 3.63) is 29.8 Å². The van der Waals surface area contributed by atoms with Crippen LogP contribution in [0.4, 0.5) is 8.78 Å². The summed E-state index contributed by atoms with van der Waals surface area (Å²) in [4.78, 5) is 0.768. The molecule has 1 aromatic carbocycles. The molecule has 0 heterocycles. The van der Waals surface area contributed by atoms with Crippen molar-refractivity contribution in [3.63, 3.8) is 0 Å². The Hall–Kier alpha value is -1.08. The molecule has 80 valence electrons. The van der Waals surface area contributed by atoms with E-state index in [1.807, 2.05) is 6.07 Å². The molecule has 0 aliphatic heterocycles. The van der Waals surface area contributed by atoms with E-state index in [0.29, 0.717) is 11.3 Å². The molecular formula is C11H11F2NS. The first-order chi connectivity index (χ1) is 7.03. The molecule has 0 saturated carbocycles. The molecule has 0 atom stereocenters. The third-order valence-electron chi connectivity index (χ3n) is 1.81. The lowest BCUT2D eigenvalue weighted by molar-refractivity contribution is 0.0194. The summed E-state index contributed by atoms with van der Waals surface area (Å²) in [7, 11) is 0. The van der Waals surface area contributed by atoms with Gasteiger partial charge in [-0.05, 0) is 19.1 Å². The summed E-state index contributed by atoms with van der Waals surface area (Å²) in [5.41, 5.74) is 0.543. The fraction of sp³-hybridized carbons (Fsp3) is 0.364. The Morgan fingerprint density at radius 2 is 2.07 bits per heavy atom. The molecule has 0 spiro atoms. The molecule has 4 heteroatoms. The fourth-order valence-electron chi connectivity index (χ4n) is 1.03. The zero-order chi connectivity index (χ0) is 11.3. The molecule has 1 rings (SSSR count). The monoisotopic (exact) mass is 227 g/mol. The molecule has 0 N–H and O–H groups in total. The molecule has 0 aliphatic carbocycles. The molecule has 0 radical (unpaired) electrons. The van der Waals surface area contributed by atoms with Gasteiger partial charge in [-0.3, -0.25) is 0 Å². The Kier molecular flexibility index (Phi) is 4.10. The van der Waals surface area contributed by atoms with Gasteiger partial charge in [-0.15, -0.1) is 11.8 Å². The summed E-state index contributed by atoms with van der Waals surface area (Å²) in [6, 6.07) is 9.06. The second-order valence-electron chi connectivity index (χ2n) is 3.28. The van der Waals surface area contributed by atoms with Crippen LogP contribution in [-0.2, 0) is 0 Å². The van der Waals surface area contributed by atoms with Crippen LogP contribution in [0.2, 0.25) is 0 Å². The van der Waals surface area contributed by atoms with Crippen LogP contribution < -0.4 is 0 Å². The summed E-state index contributed by atoms with van der Waals surface area (Å²) >= 11 is 1.30. The third-order valence-corrected chi connectivity index (χ3v) is 2.88. The summed E-state index contributed by atoms with van der Waals surface area (Å²) in [5, 5.41) is 8.77. The Bertz CT molecular complexity index is 366. The lowest BCUT2D eigenvalue weighted by Crippen LogP contribution is -2.10. The van der Waals surface area contributed by atoms with Gasteiger partial charge in [0.2, 0.25) is 5.92 Å². The van der Waals surface area contributed by atoms with Gasteiger partial charge in [0.15, 0.2) is 0 Å². The van der Waals surface area contributed by atoms with Gasteiger partial charge in [-0.1, -0.05) is 12.1 Å². The number of rotatable bonds is 4. The Balaban J connectivity index is 2.55. The smallest absolute Gasteiger partial charge is 0.207 e. The number of thioether (sulfide) groups is 1.